The molecule has 24 heavy (non-hydrogen) atoms. The summed E-state index contributed by atoms with van der Waals surface area (Å²) in [5.74, 6) is 0. The molecule has 4 nitrogen and oxygen atoms in total. The molecule has 1 aromatic heterocycles. The molecule has 1 unspecified atom stereocenters. The summed E-state index contributed by atoms with van der Waals surface area (Å²) >= 11 is 0. The monoisotopic (exact) mass is 321 g/mol. The number of aryl methyl sites for hydroxylation is 1. The van der Waals surface area contributed by atoms with E-state index in [-0.39, 0.29) is 6.23 Å². The van der Waals surface area contributed by atoms with Gasteiger partial charge in [-0.15, -0.1) is 0 Å². The lowest BCUT2D eigenvalue weighted by Gasteiger charge is -2.23. The SMILES string of the molecule is Cc1ccc2c(cnn2C2CCCCO2)c1NCc1ccccc1. The van der Waals surface area contributed by atoms with E-state index in [0.717, 1.165) is 31.5 Å². The van der Waals surface area contributed by atoms with Crippen LogP contribution in [0.1, 0.15) is 36.6 Å². The molecule has 0 aliphatic carbocycles. The lowest BCUT2D eigenvalue weighted by atomic mass is 10.1. The van der Waals surface area contributed by atoms with Crippen LogP contribution < -0.4 is 5.32 Å². The number of benzene rings is 2. The Balaban J connectivity index is 1.65. The molecule has 0 amide bonds. The van der Waals surface area contributed by atoms with Gasteiger partial charge in [0.25, 0.3) is 0 Å². The zero-order valence-corrected chi connectivity index (χ0v) is 14.0. The van der Waals surface area contributed by atoms with Crippen LogP contribution in [0.4, 0.5) is 5.69 Å². The molecule has 1 atom stereocenters. The second-order valence-electron chi connectivity index (χ2n) is 6.44. The summed E-state index contributed by atoms with van der Waals surface area (Å²) in [5, 5.41) is 9.39. The molecule has 4 heteroatoms. The van der Waals surface area contributed by atoms with Crippen LogP contribution in [0.2, 0.25) is 0 Å². The molecule has 1 aliphatic heterocycles. The average molecular weight is 321 g/mol. The molecule has 3 aromatic rings. The van der Waals surface area contributed by atoms with Crippen LogP contribution in [0.15, 0.2) is 48.7 Å². The number of nitrogens with one attached hydrogen (secondary N) is 1. The van der Waals surface area contributed by atoms with Gasteiger partial charge in [0.15, 0.2) is 6.23 Å². The predicted molar refractivity (Wildman–Crippen MR) is 97.1 cm³/mol. The Hall–Kier alpha value is -2.33. The summed E-state index contributed by atoms with van der Waals surface area (Å²) in [6.45, 7) is 3.78. The minimum Gasteiger partial charge on any atom is -0.380 e. The summed E-state index contributed by atoms with van der Waals surface area (Å²) in [6, 6.07) is 14.8. The summed E-state index contributed by atoms with van der Waals surface area (Å²) in [6.07, 6.45) is 5.43. The molecule has 0 radical (unpaired) electrons. The van der Waals surface area contributed by atoms with Crippen molar-refractivity contribution in [3.05, 3.63) is 59.8 Å². The van der Waals surface area contributed by atoms with Crippen molar-refractivity contribution >= 4 is 16.6 Å². The quantitative estimate of drug-likeness (QED) is 0.760. The average Bonchev–Trinajstić information content (AvgIpc) is 3.06. The minimum absolute atomic E-state index is 0.0703. The van der Waals surface area contributed by atoms with E-state index in [1.165, 1.54) is 28.6 Å². The number of fused-ring (bicyclic) bond motifs is 1. The first kappa shape index (κ1) is 15.2. The van der Waals surface area contributed by atoms with Crippen LogP contribution >= 0.6 is 0 Å². The van der Waals surface area contributed by atoms with Crippen molar-refractivity contribution in [3.63, 3.8) is 0 Å². The number of nitrogens with zero attached hydrogens (tertiary/aromatic N) is 2. The molecule has 2 heterocycles. The molecule has 1 fully saturated rings. The number of hydrogen-bond donors (Lipinski definition) is 1. The second-order valence-corrected chi connectivity index (χ2v) is 6.44. The first-order valence-corrected chi connectivity index (χ1v) is 8.69. The Morgan fingerprint density at radius 2 is 2.04 bits per heavy atom. The second kappa shape index (κ2) is 6.65. The highest BCUT2D eigenvalue weighted by Gasteiger charge is 2.19. The molecule has 124 valence electrons. The highest BCUT2D eigenvalue weighted by atomic mass is 16.5. The van der Waals surface area contributed by atoms with Gasteiger partial charge in [0, 0.05) is 24.2 Å². The molecule has 4 rings (SSSR count). The van der Waals surface area contributed by atoms with Crippen molar-refractivity contribution in [1.29, 1.82) is 0 Å². The zero-order chi connectivity index (χ0) is 16.4. The van der Waals surface area contributed by atoms with E-state index in [1.807, 2.05) is 16.9 Å². The smallest absolute Gasteiger partial charge is 0.150 e. The summed E-state index contributed by atoms with van der Waals surface area (Å²) < 4.78 is 7.95. The summed E-state index contributed by atoms with van der Waals surface area (Å²) in [4.78, 5) is 0. The van der Waals surface area contributed by atoms with Gasteiger partial charge in [-0.25, -0.2) is 4.68 Å². The third-order valence-corrected chi connectivity index (χ3v) is 4.73. The molecule has 2 aromatic carbocycles. The topological polar surface area (TPSA) is 39.1 Å². The number of aromatic nitrogens is 2. The van der Waals surface area contributed by atoms with Crippen molar-refractivity contribution in [3.8, 4) is 0 Å². The van der Waals surface area contributed by atoms with E-state index < -0.39 is 0 Å². The van der Waals surface area contributed by atoms with E-state index in [9.17, 15) is 0 Å². The summed E-state index contributed by atoms with van der Waals surface area (Å²) in [5.41, 5.74) is 4.82. The standard InChI is InChI=1S/C20H23N3O/c1-15-10-11-18-17(14-22-23(18)19-9-5-6-12-24-19)20(15)21-13-16-7-3-2-4-8-16/h2-4,7-8,10-11,14,19,21H,5-6,9,12-13H2,1H3. The molecule has 1 saturated heterocycles. The van der Waals surface area contributed by atoms with Gasteiger partial charge in [0.2, 0.25) is 0 Å². The van der Waals surface area contributed by atoms with E-state index in [0.29, 0.717) is 0 Å². The molecule has 1 aliphatic rings. The predicted octanol–water partition coefficient (Wildman–Crippen LogP) is 4.66. The van der Waals surface area contributed by atoms with Crippen molar-refractivity contribution in [2.75, 3.05) is 11.9 Å². The maximum atomic E-state index is 5.91. The van der Waals surface area contributed by atoms with Crippen molar-refractivity contribution < 1.29 is 4.74 Å². The number of hydrogen-bond acceptors (Lipinski definition) is 3. The fraction of sp³-hybridized carbons (Fsp3) is 0.350. The van der Waals surface area contributed by atoms with Gasteiger partial charge >= 0.3 is 0 Å². The largest absolute Gasteiger partial charge is 0.380 e. The Morgan fingerprint density at radius 3 is 2.83 bits per heavy atom. The lowest BCUT2D eigenvalue weighted by Crippen LogP contribution is -2.18. The van der Waals surface area contributed by atoms with Gasteiger partial charge < -0.3 is 10.1 Å². The van der Waals surface area contributed by atoms with Crippen LogP contribution in [0.25, 0.3) is 10.9 Å². The Bertz CT molecular complexity index is 820. The fourth-order valence-corrected chi connectivity index (χ4v) is 3.40. The number of ether oxygens (including phenoxy) is 1. The molecule has 1 N–H and O–H groups in total. The lowest BCUT2D eigenvalue weighted by molar-refractivity contribution is -0.0366. The van der Waals surface area contributed by atoms with E-state index in [1.54, 1.807) is 0 Å². The van der Waals surface area contributed by atoms with Gasteiger partial charge in [0.1, 0.15) is 0 Å². The van der Waals surface area contributed by atoms with Crippen molar-refractivity contribution in [1.82, 2.24) is 9.78 Å². The number of anilines is 1. The highest BCUT2D eigenvalue weighted by Crippen LogP contribution is 2.31. The molecular formula is C20H23N3O. The van der Waals surface area contributed by atoms with E-state index >= 15 is 0 Å². The molecule has 0 bridgehead atoms. The maximum absolute atomic E-state index is 5.91. The third-order valence-electron chi connectivity index (χ3n) is 4.73. The molecule has 0 saturated carbocycles. The number of rotatable bonds is 4. The normalized spacial score (nSPS) is 18.0. The Labute approximate surface area is 142 Å². The third kappa shape index (κ3) is 2.89. The highest BCUT2D eigenvalue weighted by molar-refractivity contribution is 5.93. The first-order valence-electron chi connectivity index (χ1n) is 8.69. The molecular weight excluding hydrogens is 298 g/mol. The van der Waals surface area contributed by atoms with Crippen LogP contribution in [0, 0.1) is 6.92 Å². The minimum atomic E-state index is 0.0703. The maximum Gasteiger partial charge on any atom is 0.150 e. The summed E-state index contributed by atoms with van der Waals surface area (Å²) in [7, 11) is 0. The van der Waals surface area contributed by atoms with Gasteiger partial charge in [-0.2, -0.15) is 5.10 Å². The van der Waals surface area contributed by atoms with Crippen LogP contribution in [0.3, 0.4) is 0 Å². The Kier molecular flexibility index (Phi) is 4.22. The van der Waals surface area contributed by atoms with Gasteiger partial charge in [-0.05, 0) is 43.4 Å². The van der Waals surface area contributed by atoms with Gasteiger partial charge in [-0.3, -0.25) is 0 Å². The molecule has 0 spiro atoms. The fourth-order valence-electron chi connectivity index (χ4n) is 3.40. The van der Waals surface area contributed by atoms with Crippen molar-refractivity contribution in [2.24, 2.45) is 0 Å². The van der Waals surface area contributed by atoms with E-state index in [2.05, 4.69) is 53.7 Å². The first-order chi connectivity index (χ1) is 11.8. The Morgan fingerprint density at radius 1 is 1.17 bits per heavy atom. The van der Waals surface area contributed by atoms with Crippen LogP contribution in [-0.2, 0) is 11.3 Å². The van der Waals surface area contributed by atoms with Gasteiger partial charge in [-0.1, -0.05) is 36.4 Å². The zero-order valence-electron chi connectivity index (χ0n) is 14.0. The van der Waals surface area contributed by atoms with E-state index in [4.69, 9.17) is 4.74 Å². The van der Waals surface area contributed by atoms with Crippen LogP contribution in [-0.4, -0.2) is 16.4 Å². The van der Waals surface area contributed by atoms with Crippen molar-refractivity contribution in [2.45, 2.75) is 39.0 Å². The van der Waals surface area contributed by atoms with Gasteiger partial charge in [0.05, 0.1) is 11.7 Å². The van der Waals surface area contributed by atoms with Crippen LogP contribution in [0.5, 0.6) is 0 Å².